The number of amides is 2. The molecule has 3 aliphatic heterocycles. The zero-order chi connectivity index (χ0) is 27.0. The molecule has 0 unspecified atom stereocenters. The maximum Gasteiger partial charge on any atom is 0.410 e. The van der Waals surface area contributed by atoms with Crippen LogP contribution in [0, 0.1) is 11.8 Å². The van der Waals surface area contributed by atoms with Gasteiger partial charge in [-0.2, -0.15) is 0 Å². The lowest BCUT2D eigenvalue weighted by molar-refractivity contribution is -0.0505. The van der Waals surface area contributed by atoms with Gasteiger partial charge in [0.15, 0.2) is 0 Å². The number of cyclic esters (lactones) is 1. The van der Waals surface area contributed by atoms with Crippen LogP contribution in [-0.2, 0) is 11.3 Å². The second-order valence-electron chi connectivity index (χ2n) is 11.0. The Morgan fingerprint density at radius 1 is 1.26 bits per heavy atom. The van der Waals surface area contributed by atoms with Crippen molar-refractivity contribution in [2.45, 2.75) is 57.9 Å². The largest absolute Gasteiger partial charge is 0.488 e. The Morgan fingerprint density at radius 3 is 2.68 bits per heavy atom. The lowest BCUT2D eigenvalue weighted by atomic mass is 9.76. The molecule has 5 atom stereocenters. The molecule has 10 heteroatoms. The molecule has 2 N–H and O–H groups in total. The predicted molar refractivity (Wildman–Crippen MR) is 144 cm³/mol. The number of rotatable bonds is 6. The highest BCUT2D eigenvalue weighted by atomic mass is 35.5. The van der Waals surface area contributed by atoms with Crippen molar-refractivity contribution in [1.29, 1.82) is 0 Å². The molecule has 2 aromatic rings. The first kappa shape index (κ1) is 26.6. The molecule has 0 bridgehead atoms. The maximum absolute atomic E-state index is 13.0. The Morgan fingerprint density at radius 2 is 1.97 bits per heavy atom. The van der Waals surface area contributed by atoms with Crippen LogP contribution in [0.2, 0.25) is 5.02 Å². The lowest BCUT2D eigenvalue weighted by Crippen LogP contribution is -2.55. The molecular weight excluding hydrogens is 508 g/mol. The summed E-state index contributed by atoms with van der Waals surface area (Å²) in [5.41, 5.74) is 1.22. The third-order valence-corrected chi connectivity index (χ3v) is 8.62. The summed E-state index contributed by atoms with van der Waals surface area (Å²) in [6, 6.07) is 9.01. The molecule has 3 aliphatic rings. The van der Waals surface area contributed by atoms with Gasteiger partial charge in [0.2, 0.25) is 0 Å². The number of hydrogen-bond acceptors (Lipinski definition) is 7. The van der Waals surface area contributed by atoms with E-state index >= 15 is 0 Å². The number of nitrogens with one attached hydrogen (secondary N) is 1. The van der Waals surface area contributed by atoms with Gasteiger partial charge in [0.05, 0.1) is 23.5 Å². The monoisotopic (exact) mass is 542 g/mol. The van der Waals surface area contributed by atoms with Crippen LogP contribution in [0.1, 0.15) is 49.7 Å². The lowest BCUT2D eigenvalue weighted by Gasteiger charge is -2.47. The van der Waals surface area contributed by atoms with Gasteiger partial charge in [0.25, 0.3) is 5.91 Å². The molecule has 38 heavy (non-hydrogen) atoms. The van der Waals surface area contributed by atoms with Crippen LogP contribution in [0.5, 0.6) is 5.75 Å². The third kappa shape index (κ3) is 5.40. The van der Waals surface area contributed by atoms with Crippen molar-refractivity contribution < 1.29 is 24.2 Å². The number of hydrogen-bond donors (Lipinski definition) is 2. The molecule has 1 aromatic heterocycles. The number of carbonyl (C=O) groups is 2. The molecule has 1 aromatic carbocycles. The highest BCUT2D eigenvalue weighted by Crippen LogP contribution is 2.39. The van der Waals surface area contributed by atoms with Gasteiger partial charge in [-0.05, 0) is 24.6 Å². The Hall–Kier alpha value is -3.04. The van der Waals surface area contributed by atoms with Gasteiger partial charge in [0, 0.05) is 61.9 Å². The molecule has 0 aliphatic carbocycles. The summed E-state index contributed by atoms with van der Waals surface area (Å²) in [5, 5.41) is 14.5. The van der Waals surface area contributed by atoms with Crippen molar-refractivity contribution >= 4 is 29.3 Å². The molecule has 0 saturated carbocycles. The topological polar surface area (TPSA) is 104 Å². The first-order valence-corrected chi connectivity index (χ1v) is 13.6. The predicted octanol–water partition coefficient (Wildman–Crippen LogP) is 3.87. The fraction of sp³-hybridized carbons (Fsp3) is 0.536. The Bertz CT molecular complexity index is 1180. The number of aromatic nitrogens is 1. The zero-order valence-electron chi connectivity index (χ0n) is 22.0. The minimum Gasteiger partial charge on any atom is -0.488 e. The van der Waals surface area contributed by atoms with Gasteiger partial charge >= 0.3 is 6.09 Å². The Balaban J connectivity index is 1.37. The van der Waals surface area contributed by atoms with Crippen molar-refractivity contribution in [3.05, 3.63) is 52.8 Å². The molecule has 2 amide bonds. The van der Waals surface area contributed by atoms with Crippen LogP contribution in [0.3, 0.4) is 0 Å². The molecule has 3 saturated heterocycles. The number of nitrogens with zero attached hydrogens (tertiary/aromatic N) is 3. The second kappa shape index (κ2) is 10.6. The van der Waals surface area contributed by atoms with Crippen molar-refractivity contribution in [2.75, 3.05) is 31.1 Å². The van der Waals surface area contributed by atoms with E-state index in [1.807, 2.05) is 32.9 Å². The van der Waals surface area contributed by atoms with Crippen molar-refractivity contribution in [2.24, 2.45) is 11.8 Å². The molecule has 204 valence electrons. The maximum atomic E-state index is 13.0. The average molecular weight is 543 g/mol. The fourth-order valence-corrected chi connectivity index (χ4v) is 5.62. The molecule has 0 radical (unpaired) electrons. The first-order valence-electron chi connectivity index (χ1n) is 13.2. The summed E-state index contributed by atoms with van der Waals surface area (Å²) in [7, 11) is 0. The molecule has 4 heterocycles. The van der Waals surface area contributed by atoms with Gasteiger partial charge in [-0.15, -0.1) is 0 Å². The number of piperidine rings is 2. The number of aliphatic hydroxyl groups is 1. The van der Waals surface area contributed by atoms with Crippen LogP contribution in [-0.4, -0.2) is 71.0 Å². The van der Waals surface area contributed by atoms with E-state index in [9.17, 15) is 14.7 Å². The van der Waals surface area contributed by atoms with Crippen LogP contribution in [0.25, 0.3) is 0 Å². The first-order chi connectivity index (χ1) is 18.1. The van der Waals surface area contributed by atoms with E-state index in [1.165, 1.54) is 0 Å². The van der Waals surface area contributed by atoms with Crippen LogP contribution in [0.4, 0.5) is 10.5 Å². The quantitative estimate of drug-likeness (QED) is 0.571. The number of anilines is 1. The number of pyridine rings is 1. The van der Waals surface area contributed by atoms with E-state index in [-0.39, 0.29) is 41.7 Å². The molecule has 9 nitrogen and oxygen atoms in total. The van der Waals surface area contributed by atoms with E-state index in [0.717, 1.165) is 11.3 Å². The van der Waals surface area contributed by atoms with Crippen molar-refractivity contribution in [1.82, 2.24) is 15.2 Å². The number of fused-ring (bicyclic) bond motifs is 1. The Labute approximate surface area is 228 Å². The van der Waals surface area contributed by atoms with Gasteiger partial charge in [-0.1, -0.05) is 37.6 Å². The van der Waals surface area contributed by atoms with Crippen LogP contribution >= 0.6 is 11.6 Å². The summed E-state index contributed by atoms with van der Waals surface area (Å²) < 4.78 is 11.8. The SMILES string of the molecule is C[C@@H]1CN(c2cnc(C(=O)NCc3ccc(Cl)cc3)cc2O[C@H]2CCN3C(=O)OC[C@@H]3C2)C[C@H](C)[C@]1(C)O. The van der Waals surface area contributed by atoms with E-state index in [0.29, 0.717) is 56.4 Å². The average Bonchev–Trinajstić information content (AvgIpc) is 3.26. The second-order valence-corrected chi connectivity index (χ2v) is 11.4. The van der Waals surface area contributed by atoms with E-state index in [1.54, 1.807) is 29.3 Å². The minimum absolute atomic E-state index is 0.00110. The minimum atomic E-state index is -0.770. The molecule has 0 spiro atoms. The number of carbonyl (C=O) groups excluding carboxylic acids is 2. The fourth-order valence-electron chi connectivity index (χ4n) is 5.50. The summed E-state index contributed by atoms with van der Waals surface area (Å²) >= 11 is 5.96. The van der Waals surface area contributed by atoms with Gasteiger partial charge in [0.1, 0.15) is 24.2 Å². The highest BCUT2D eigenvalue weighted by molar-refractivity contribution is 6.30. The van der Waals surface area contributed by atoms with Crippen LogP contribution in [0.15, 0.2) is 36.5 Å². The van der Waals surface area contributed by atoms with Gasteiger partial charge in [-0.3, -0.25) is 4.79 Å². The Kier molecular flexibility index (Phi) is 7.42. The van der Waals surface area contributed by atoms with Crippen molar-refractivity contribution in [3.8, 4) is 5.75 Å². The summed E-state index contributed by atoms with van der Waals surface area (Å²) in [6.07, 6.45) is 2.64. The van der Waals surface area contributed by atoms with E-state index in [2.05, 4.69) is 15.2 Å². The van der Waals surface area contributed by atoms with Crippen LogP contribution < -0.4 is 15.0 Å². The van der Waals surface area contributed by atoms with E-state index in [4.69, 9.17) is 21.1 Å². The zero-order valence-corrected chi connectivity index (χ0v) is 22.8. The normalized spacial score (nSPS) is 29.0. The van der Waals surface area contributed by atoms with Gasteiger partial charge < -0.3 is 29.7 Å². The van der Waals surface area contributed by atoms with Crippen molar-refractivity contribution in [3.63, 3.8) is 0 Å². The molecule has 3 fully saturated rings. The number of benzene rings is 1. The smallest absolute Gasteiger partial charge is 0.410 e. The highest BCUT2D eigenvalue weighted by Gasteiger charge is 2.42. The summed E-state index contributed by atoms with van der Waals surface area (Å²) in [5.74, 6) is 0.350. The van der Waals surface area contributed by atoms with Gasteiger partial charge in [-0.25, -0.2) is 9.78 Å². The molecule has 5 rings (SSSR count). The molecular formula is C28H35ClN4O5. The van der Waals surface area contributed by atoms with E-state index < -0.39 is 5.60 Å². The standard InChI is InChI=1S/C28H35ClN4O5/c1-17-14-32(15-18(2)28(17,3)36)24-13-30-23(26(34)31-12-19-4-6-20(29)7-5-19)11-25(24)38-22-8-9-33-21(10-22)16-37-27(33)35/h4-7,11,13,17-18,21-22,36H,8-10,12,14-16H2,1-3H3,(H,31,34)/t17-,18+,21-,22-,28-/m0/s1. The number of ether oxygens (including phenoxy) is 2. The number of halogens is 1. The summed E-state index contributed by atoms with van der Waals surface area (Å²) in [4.78, 5) is 33.4. The summed E-state index contributed by atoms with van der Waals surface area (Å²) in [6.45, 7) is 8.55. The third-order valence-electron chi connectivity index (χ3n) is 8.36.